The van der Waals surface area contributed by atoms with Gasteiger partial charge in [0.05, 0.1) is 5.69 Å². The molecule has 0 radical (unpaired) electrons. The van der Waals surface area contributed by atoms with E-state index in [0.29, 0.717) is 48.6 Å². The zero-order valence-corrected chi connectivity index (χ0v) is 29.3. The minimum Gasteiger partial charge on any atom is -0.482 e. The van der Waals surface area contributed by atoms with E-state index in [1.54, 1.807) is 30.3 Å². The Morgan fingerprint density at radius 1 is 0.962 bits per heavy atom. The van der Waals surface area contributed by atoms with Gasteiger partial charge in [0.15, 0.2) is 6.61 Å². The van der Waals surface area contributed by atoms with Gasteiger partial charge in [-0.25, -0.2) is 4.79 Å². The first kappa shape index (κ1) is 38.8. The van der Waals surface area contributed by atoms with E-state index in [-0.39, 0.29) is 36.3 Å². The van der Waals surface area contributed by atoms with E-state index >= 15 is 0 Å². The number of anilines is 2. The van der Waals surface area contributed by atoms with Crippen molar-refractivity contribution in [2.45, 2.75) is 70.3 Å². The van der Waals surface area contributed by atoms with Crippen LogP contribution in [0, 0.1) is 0 Å². The molecule has 53 heavy (non-hydrogen) atoms. The van der Waals surface area contributed by atoms with Crippen LogP contribution >= 0.6 is 0 Å². The fourth-order valence-corrected chi connectivity index (χ4v) is 6.04. The first-order valence-corrected chi connectivity index (χ1v) is 17.4. The molecule has 1 fully saturated rings. The molecule has 3 aromatic carbocycles. The smallest absolute Gasteiger partial charge is 0.482 e. The lowest BCUT2D eigenvalue weighted by atomic mass is 9.98. The highest BCUT2D eigenvalue weighted by Gasteiger charge is 2.38. The van der Waals surface area contributed by atoms with Gasteiger partial charge in [0.1, 0.15) is 5.75 Å². The predicted octanol–water partition coefficient (Wildman–Crippen LogP) is 5.37. The van der Waals surface area contributed by atoms with Gasteiger partial charge >= 0.3 is 12.1 Å². The molecule has 15 heteroatoms. The van der Waals surface area contributed by atoms with Crippen LogP contribution in [0.4, 0.5) is 24.5 Å². The van der Waals surface area contributed by atoms with E-state index < -0.39 is 12.1 Å². The van der Waals surface area contributed by atoms with Gasteiger partial charge in [-0.1, -0.05) is 24.6 Å². The van der Waals surface area contributed by atoms with Crippen LogP contribution < -0.4 is 20.7 Å². The number of ether oxygens (including phenoxy) is 1. The number of rotatable bonds is 12. The molecule has 2 aliphatic heterocycles. The topological polar surface area (TPSA) is 157 Å². The minimum atomic E-state index is -5.08. The number of hydrogen-bond acceptors (Lipinski definition) is 7. The molecule has 3 aliphatic rings. The quantitative estimate of drug-likeness (QED) is 0.181. The second-order valence-electron chi connectivity index (χ2n) is 13.1. The number of benzene rings is 3. The highest BCUT2D eigenvalue weighted by atomic mass is 19.4. The van der Waals surface area contributed by atoms with Gasteiger partial charge in [0.2, 0.25) is 5.91 Å². The molecule has 1 saturated carbocycles. The molecule has 0 unspecified atom stereocenters. The van der Waals surface area contributed by atoms with E-state index in [2.05, 4.69) is 16.0 Å². The van der Waals surface area contributed by atoms with Crippen LogP contribution in [0.3, 0.4) is 0 Å². The number of nitrogens with zero attached hydrogens (tertiary/aromatic N) is 2. The summed E-state index contributed by atoms with van der Waals surface area (Å²) in [4.78, 5) is 63.6. The Bertz CT molecular complexity index is 1830. The summed E-state index contributed by atoms with van der Waals surface area (Å²) in [6, 6.07) is 18.6. The van der Waals surface area contributed by atoms with E-state index in [1.807, 2.05) is 47.2 Å². The van der Waals surface area contributed by atoms with Crippen LogP contribution in [-0.4, -0.2) is 83.5 Å². The number of aliphatic carboxylic acids is 1. The zero-order chi connectivity index (χ0) is 38.1. The number of alkyl halides is 3. The van der Waals surface area contributed by atoms with Crippen LogP contribution in [-0.2, 0) is 33.9 Å². The fourth-order valence-electron chi connectivity index (χ4n) is 6.04. The zero-order valence-electron chi connectivity index (χ0n) is 29.3. The second kappa shape index (κ2) is 17.4. The van der Waals surface area contributed by atoms with E-state index in [9.17, 15) is 32.3 Å². The van der Waals surface area contributed by atoms with Crippen LogP contribution in [0.2, 0.25) is 0 Å². The lowest BCUT2D eigenvalue weighted by Crippen LogP contribution is -2.35. The number of carbonyl (C=O) groups is 5. The van der Waals surface area contributed by atoms with Gasteiger partial charge < -0.3 is 35.6 Å². The van der Waals surface area contributed by atoms with Crippen molar-refractivity contribution in [2.75, 3.05) is 37.4 Å². The molecule has 4 amide bonds. The van der Waals surface area contributed by atoms with Gasteiger partial charge in [0.25, 0.3) is 17.7 Å². The Morgan fingerprint density at radius 3 is 2.36 bits per heavy atom. The van der Waals surface area contributed by atoms with Gasteiger partial charge in [-0.05, 0) is 105 Å². The van der Waals surface area contributed by atoms with E-state index in [4.69, 9.17) is 14.6 Å². The molecule has 2 heterocycles. The number of nitrogens with one attached hydrogen (secondary N) is 3. The number of fused-ring (bicyclic) bond motifs is 2. The second-order valence-corrected chi connectivity index (χ2v) is 13.1. The first-order valence-electron chi connectivity index (χ1n) is 17.4. The summed E-state index contributed by atoms with van der Waals surface area (Å²) in [5.41, 5.74) is 5.56. The molecule has 3 aromatic rings. The summed E-state index contributed by atoms with van der Waals surface area (Å²) in [5, 5.41) is 16.0. The SMILES string of the molecule is CNCCCCCC(=O)N1CCc2cc(NC(=O)c3ccc(CN(C(=O)c4ccc5c(c4)OCC(=O)N5)C4CC4)cc3)ccc2C1.O=C(O)C(F)(F)F. The van der Waals surface area contributed by atoms with Gasteiger partial charge in [-0.15, -0.1) is 0 Å². The number of carboxylic acids is 1. The summed E-state index contributed by atoms with van der Waals surface area (Å²) in [6.07, 6.45) is 1.24. The highest BCUT2D eigenvalue weighted by Crippen LogP contribution is 2.33. The normalized spacial score (nSPS) is 14.7. The molecular weight excluding hydrogens is 695 g/mol. The van der Waals surface area contributed by atoms with Crippen molar-refractivity contribution in [2.24, 2.45) is 0 Å². The van der Waals surface area contributed by atoms with Crippen molar-refractivity contribution in [1.29, 1.82) is 0 Å². The number of carboxylic acid groups (broad SMARTS) is 1. The highest BCUT2D eigenvalue weighted by molar-refractivity contribution is 6.04. The Balaban J connectivity index is 0.000000705. The lowest BCUT2D eigenvalue weighted by Gasteiger charge is -2.29. The molecular formula is C38H42F3N5O7. The van der Waals surface area contributed by atoms with Crippen LogP contribution in [0.25, 0.3) is 0 Å². The molecule has 282 valence electrons. The molecule has 6 rings (SSSR count). The first-order chi connectivity index (χ1) is 25.3. The molecule has 0 spiro atoms. The van der Waals surface area contributed by atoms with Gasteiger partial charge in [-0.3, -0.25) is 19.2 Å². The van der Waals surface area contributed by atoms with Crippen molar-refractivity contribution in [1.82, 2.24) is 15.1 Å². The molecule has 0 bridgehead atoms. The third kappa shape index (κ3) is 10.8. The summed E-state index contributed by atoms with van der Waals surface area (Å²) < 4.78 is 37.2. The predicted molar refractivity (Wildman–Crippen MR) is 190 cm³/mol. The molecule has 0 atom stereocenters. The molecule has 0 saturated heterocycles. The maximum absolute atomic E-state index is 13.5. The van der Waals surface area contributed by atoms with Crippen molar-refractivity contribution in [3.8, 4) is 5.75 Å². The fraction of sp³-hybridized carbons (Fsp3) is 0.395. The molecule has 1 aliphatic carbocycles. The summed E-state index contributed by atoms with van der Waals surface area (Å²) in [6.45, 7) is 2.65. The number of carbonyl (C=O) groups excluding carboxylic acids is 4. The van der Waals surface area contributed by atoms with Crippen molar-refractivity contribution < 1.29 is 47.0 Å². The monoisotopic (exact) mass is 737 g/mol. The van der Waals surface area contributed by atoms with E-state index in [1.165, 1.54) is 0 Å². The number of hydrogen-bond donors (Lipinski definition) is 4. The summed E-state index contributed by atoms with van der Waals surface area (Å²) in [7, 11) is 1.94. The van der Waals surface area contributed by atoms with Crippen molar-refractivity contribution >= 4 is 41.0 Å². The molecule has 0 aromatic heterocycles. The molecule has 4 N–H and O–H groups in total. The standard InChI is InChI=1S/C36H41N5O5.C2HF3O2/c1-37-17-4-2-3-5-34(43)40-18-16-26-19-29(12-10-28(26)22-40)38-35(44)25-8-6-24(7-9-25)21-41(30-13-14-30)36(45)27-11-15-31-32(20-27)46-23-33(42)39-31;3-2(4,5)1(6)7/h6-12,15,19-20,30,37H,2-5,13-14,16-18,21-23H2,1H3,(H,38,44)(H,39,42);(H,6,7). The third-order valence-electron chi connectivity index (χ3n) is 9.07. The average Bonchev–Trinajstić information content (AvgIpc) is 3.99. The van der Waals surface area contributed by atoms with Gasteiger partial charge in [0, 0.05) is 48.9 Å². The number of unbranched alkanes of at least 4 members (excludes halogenated alkanes) is 2. The van der Waals surface area contributed by atoms with Crippen LogP contribution in [0.1, 0.15) is 75.9 Å². The van der Waals surface area contributed by atoms with Crippen LogP contribution in [0.15, 0.2) is 60.7 Å². The van der Waals surface area contributed by atoms with Crippen molar-refractivity contribution in [3.05, 3.63) is 88.5 Å². The Kier molecular flexibility index (Phi) is 12.7. The Labute approximate surface area is 304 Å². The summed E-state index contributed by atoms with van der Waals surface area (Å²) in [5.74, 6) is -2.55. The summed E-state index contributed by atoms with van der Waals surface area (Å²) >= 11 is 0. The minimum absolute atomic E-state index is 0.0672. The number of halogens is 3. The maximum Gasteiger partial charge on any atom is 0.490 e. The maximum atomic E-state index is 13.5. The Morgan fingerprint density at radius 2 is 1.68 bits per heavy atom. The third-order valence-corrected chi connectivity index (χ3v) is 9.07. The average molecular weight is 738 g/mol. The van der Waals surface area contributed by atoms with Gasteiger partial charge in [-0.2, -0.15) is 13.2 Å². The van der Waals surface area contributed by atoms with E-state index in [0.717, 1.165) is 67.4 Å². The lowest BCUT2D eigenvalue weighted by molar-refractivity contribution is -0.192. The largest absolute Gasteiger partial charge is 0.490 e. The van der Waals surface area contributed by atoms with Crippen molar-refractivity contribution in [3.63, 3.8) is 0 Å². The molecule has 12 nitrogen and oxygen atoms in total. The van der Waals surface area contributed by atoms with Crippen LogP contribution in [0.5, 0.6) is 5.75 Å². The number of amides is 4. The Hall–Kier alpha value is -5.44.